The first-order chi connectivity index (χ1) is 8.11. The predicted molar refractivity (Wildman–Crippen MR) is 75.4 cm³/mol. The highest BCUT2D eigenvalue weighted by molar-refractivity contribution is 4.81. The largest absolute Gasteiger partial charge is 0.394 e. The summed E-state index contributed by atoms with van der Waals surface area (Å²) < 4.78 is 0. The van der Waals surface area contributed by atoms with Crippen LogP contribution in [0.25, 0.3) is 0 Å². The van der Waals surface area contributed by atoms with Crippen molar-refractivity contribution in [2.75, 3.05) is 33.3 Å². The molecule has 104 valence electrons. The van der Waals surface area contributed by atoms with E-state index in [2.05, 4.69) is 31.0 Å². The number of unbranched alkanes of at least 4 members (excludes halogenated alkanes) is 2. The van der Waals surface area contributed by atoms with Crippen molar-refractivity contribution in [1.82, 2.24) is 10.2 Å². The number of nitrogens with zero attached hydrogens (tertiary/aromatic N) is 1. The molecule has 0 aromatic rings. The lowest BCUT2D eigenvalue weighted by atomic mass is 9.99. The van der Waals surface area contributed by atoms with Gasteiger partial charge >= 0.3 is 0 Å². The van der Waals surface area contributed by atoms with E-state index in [4.69, 9.17) is 0 Å². The lowest BCUT2D eigenvalue weighted by molar-refractivity contribution is 0.150. The molecule has 0 fully saturated rings. The zero-order valence-corrected chi connectivity index (χ0v) is 12.3. The molecular formula is C14H32N2O. The van der Waals surface area contributed by atoms with Crippen LogP contribution in [0.2, 0.25) is 0 Å². The second-order valence-electron chi connectivity index (χ2n) is 5.27. The van der Waals surface area contributed by atoms with E-state index in [1.54, 1.807) is 0 Å². The molecule has 3 heteroatoms. The molecule has 1 unspecified atom stereocenters. The number of hydrogen-bond acceptors (Lipinski definition) is 3. The van der Waals surface area contributed by atoms with Gasteiger partial charge < -0.3 is 15.3 Å². The Kier molecular flexibility index (Phi) is 9.79. The molecule has 0 radical (unpaired) electrons. The van der Waals surface area contributed by atoms with Crippen molar-refractivity contribution in [2.45, 2.75) is 58.4 Å². The standard InChI is InChI=1S/C14H32N2O/c1-5-7-10-16(11-8-6-2)12-9-14(3,13-17)15-4/h15,17H,5-13H2,1-4H3. The highest BCUT2D eigenvalue weighted by atomic mass is 16.3. The Hall–Kier alpha value is -0.120. The average Bonchev–Trinajstić information content (AvgIpc) is 2.37. The summed E-state index contributed by atoms with van der Waals surface area (Å²) in [6.07, 6.45) is 6.07. The molecule has 0 aliphatic rings. The second kappa shape index (κ2) is 9.86. The third-order valence-electron chi connectivity index (χ3n) is 3.59. The molecule has 0 spiro atoms. The van der Waals surface area contributed by atoms with Gasteiger partial charge in [-0.25, -0.2) is 0 Å². The minimum absolute atomic E-state index is 0.128. The number of aliphatic hydroxyl groups excluding tert-OH is 1. The van der Waals surface area contributed by atoms with Gasteiger partial charge in [0.2, 0.25) is 0 Å². The summed E-state index contributed by atoms with van der Waals surface area (Å²) in [4.78, 5) is 2.54. The molecule has 0 heterocycles. The average molecular weight is 244 g/mol. The molecular weight excluding hydrogens is 212 g/mol. The van der Waals surface area contributed by atoms with Gasteiger partial charge in [-0.05, 0) is 52.9 Å². The van der Waals surface area contributed by atoms with Gasteiger partial charge in [0.05, 0.1) is 6.61 Å². The normalized spacial score (nSPS) is 15.2. The van der Waals surface area contributed by atoms with Crippen molar-refractivity contribution < 1.29 is 5.11 Å². The summed E-state index contributed by atoms with van der Waals surface area (Å²) in [5.41, 5.74) is -0.128. The smallest absolute Gasteiger partial charge is 0.0610 e. The van der Waals surface area contributed by atoms with Crippen molar-refractivity contribution in [1.29, 1.82) is 0 Å². The van der Waals surface area contributed by atoms with Crippen LogP contribution in [0, 0.1) is 0 Å². The van der Waals surface area contributed by atoms with E-state index in [1.165, 1.54) is 38.8 Å². The van der Waals surface area contributed by atoms with E-state index >= 15 is 0 Å². The van der Waals surface area contributed by atoms with Crippen molar-refractivity contribution in [2.24, 2.45) is 0 Å². The summed E-state index contributed by atoms with van der Waals surface area (Å²) >= 11 is 0. The summed E-state index contributed by atoms with van der Waals surface area (Å²) in [5.74, 6) is 0. The van der Waals surface area contributed by atoms with Crippen LogP contribution in [-0.4, -0.2) is 48.8 Å². The quantitative estimate of drug-likeness (QED) is 0.585. The zero-order valence-electron chi connectivity index (χ0n) is 12.3. The fourth-order valence-corrected chi connectivity index (χ4v) is 1.79. The maximum atomic E-state index is 9.37. The minimum Gasteiger partial charge on any atom is -0.394 e. The molecule has 17 heavy (non-hydrogen) atoms. The number of nitrogens with one attached hydrogen (secondary N) is 1. The van der Waals surface area contributed by atoms with E-state index in [-0.39, 0.29) is 12.1 Å². The summed E-state index contributed by atoms with van der Waals surface area (Å²) in [6, 6.07) is 0. The van der Waals surface area contributed by atoms with Crippen LogP contribution in [0.3, 0.4) is 0 Å². The Labute approximate surface area is 108 Å². The third kappa shape index (κ3) is 7.74. The molecule has 3 nitrogen and oxygen atoms in total. The van der Waals surface area contributed by atoms with Crippen molar-refractivity contribution >= 4 is 0 Å². The van der Waals surface area contributed by atoms with E-state index in [0.29, 0.717) is 0 Å². The Morgan fingerprint density at radius 1 is 1.06 bits per heavy atom. The Balaban J connectivity index is 4.03. The maximum Gasteiger partial charge on any atom is 0.0610 e. The molecule has 0 amide bonds. The first kappa shape index (κ1) is 16.9. The zero-order chi connectivity index (χ0) is 13.1. The van der Waals surface area contributed by atoms with Gasteiger partial charge in [-0.15, -0.1) is 0 Å². The second-order valence-corrected chi connectivity index (χ2v) is 5.27. The molecule has 0 bridgehead atoms. The number of likely N-dealkylation sites (N-methyl/N-ethyl adjacent to an activating group) is 1. The molecule has 1 atom stereocenters. The molecule has 0 saturated carbocycles. The van der Waals surface area contributed by atoms with Gasteiger partial charge in [-0.3, -0.25) is 0 Å². The lowest BCUT2D eigenvalue weighted by Crippen LogP contribution is -2.46. The molecule has 0 aliphatic carbocycles. The van der Waals surface area contributed by atoms with Crippen LogP contribution in [0.5, 0.6) is 0 Å². The van der Waals surface area contributed by atoms with E-state index in [9.17, 15) is 5.11 Å². The molecule has 2 N–H and O–H groups in total. The third-order valence-corrected chi connectivity index (χ3v) is 3.59. The topological polar surface area (TPSA) is 35.5 Å². The highest BCUT2D eigenvalue weighted by Crippen LogP contribution is 2.10. The lowest BCUT2D eigenvalue weighted by Gasteiger charge is -2.31. The van der Waals surface area contributed by atoms with E-state index < -0.39 is 0 Å². The van der Waals surface area contributed by atoms with E-state index in [0.717, 1.165) is 13.0 Å². The summed E-state index contributed by atoms with van der Waals surface area (Å²) in [5, 5.41) is 12.6. The first-order valence-corrected chi connectivity index (χ1v) is 7.14. The van der Waals surface area contributed by atoms with Crippen LogP contribution >= 0.6 is 0 Å². The first-order valence-electron chi connectivity index (χ1n) is 7.14. The maximum absolute atomic E-state index is 9.37. The van der Waals surface area contributed by atoms with Crippen LogP contribution in [0.4, 0.5) is 0 Å². The molecule has 0 rings (SSSR count). The number of rotatable bonds is 11. The van der Waals surface area contributed by atoms with Crippen molar-refractivity contribution in [3.63, 3.8) is 0 Å². The summed E-state index contributed by atoms with van der Waals surface area (Å²) in [7, 11) is 1.93. The Morgan fingerprint density at radius 3 is 1.94 bits per heavy atom. The highest BCUT2D eigenvalue weighted by Gasteiger charge is 2.21. The van der Waals surface area contributed by atoms with Crippen LogP contribution in [0.1, 0.15) is 52.9 Å². The molecule has 0 aromatic heterocycles. The van der Waals surface area contributed by atoms with Gasteiger partial charge in [0, 0.05) is 5.54 Å². The van der Waals surface area contributed by atoms with Crippen molar-refractivity contribution in [3.05, 3.63) is 0 Å². The van der Waals surface area contributed by atoms with Gasteiger partial charge in [0.1, 0.15) is 0 Å². The summed E-state index contributed by atoms with van der Waals surface area (Å²) in [6.45, 7) is 10.2. The SMILES string of the molecule is CCCCN(CCCC)CCC(C)(CO)NC. The van der Waals surface area contributed by atoms with Crippen LogP contribution in [0.15, 0.2) is 0 Å². The fraction of sp³-hybridized carbons (Fsp3) is 1.00. The molecule has 0 aliphatic heterocycles. The van der Waals surface area contributed by atoms with E-state index in [1.807, 2.05) is 7.05 Å². The predicted octanol–water partition coefficient (Wildman–Crippen LogP) is 2.25. The van der Waals surface area contributed by atoms with Gasteiger partial charge in [0.25, 0.3) is 0 Å². The monoisotopic (exact) mass is 244 g/mol. The Bertz CT molecular complexity index is 162. The molecule has 0 saturated heterocycles. The molecule has 0 aromatic carbocycles. The van der Waals surface area contributed by atoms with Crippen molar-refractivity contribution in [3.8, 4) is 0 Å². The van der Waals surface area contributed by atoms with Gasteiger partial charge in [-0.1, -0.05) is 26.7 Å². The minimum atomic E-state index is -0.128. The number of hydrogen-bond donors (Lipinski definition) is 2. The Morgan fingerprint density at radius 2 is 1.59 bits per heavy atom. The van der Waals surface area contributed by atoms with Crippen LogP contribution < -0.4 is 5.32 Å². The number of aliphatic hydroxyl groups is 1. The van der Waals surface area contributed by atoms with Crippen LogP contribution in [-0.2, 0) is 0 Å². The van der Waals surface area contributed by atoms with Gasteiger partial charge in [-0.2, -0.15) is 0 Å². The fourth-order valence-electron chi connectivity index (χ4n) is 1.79. The van der Waals surface area contributed by atoms with Gasteiger partial charge in [0.15, 0.2) is 0 Å².